The van der Waals surface area contributed by atoms with Crippen LogP contribution in [-0.2, 0) is 6.42 Å². The first-order valence-electron chi connectivity index (χ1n) is 6.48. The van der Waals surface area contributed by atoms with Crippen LogP contribution in [0.5, 0.6) is 5.75 Å². The normalized spacial score (nSPS) is 10.1. The van der Waals surface area contributed by atoms with Gasteiger partial charge in [0.25, 0.3) is 0 Å². The number of rotatable bonds is 5. The third-order valence-electron chi connectivity index (χ3n) is 3.11. The molecule has 2 aromatic carbocycles. The van der Waals surface area contributed by atoms with Gasteiger partial charge >= 0.3 is 0 Å². The molecular weight excluding hydrogens is 268 g/mol. The predicted molar refractivity (Wildman–Crippen MR) is 88.0 cm³/mol. The molecule has 0 aromatic heterocycles. The van der Waals surface area contributed by atoms with Crippen LogP contribution in [0.4, 0.5) is 11.4 Å². The second kappa shape index (κ2) is 6.39. The van der Waals surface area contributed by atoms with Crippen LogP contribution in [0.2, 0.25) is 0 Å². The summed E-state index contributed by atoms with van der Waals surface area (Å²) in [7, 11) is 1.64. The fraction of sp³-hybridized carbons (Fsp3) is 0.188. The molecule has 2 rings (SSSR count). The Labute approximate surface area is 124 Å². The lowest BCUT2D eigenvalue weighted by Crippen LogP contribution is -2.12. The van der Waals surface area contributed by atoms with Crippen LogP contribution in [0.25, 0.3) is 0 Å². The van der Waals surface area contributed by atoms with E-state index in [2.05, 4.69) is 24.4 Å². The molecule has 3 nitrogen and oxygen atoms in total. The molecule has 0 aliphatic carbocycles. The fourth-order valence-corrected chi connectivity index (χ4v) is 2.17. The van der Waals surface area contributed by atoms with Crippen molar-refractivity contribution in [2.75, 3.05) is 12.4 Å². The minimum Gasteiger partial charge on any atom is -0.497 e. The Bertz CT molecular complexity index is 626. The second-order valence-corrected chi connectivity index (χ2v) is 4.89. The molecule has 0 saturated carbocycles. The van der Waals surface area contributed by atoms with Gasteiger partial charge in [0, 0.05) is 17.3 Å². The van der Waals surface area contributed by atoms with Crippen molar-refractivity contribution in [3.05, 3.63) is 53.6 Å². The maximum Gasteiger partial charge on any atom is 0.120 e. The number of hydrogen-bond acceptors (Lipinski definition) is 3. The first-order chi connectivity index (χ1) is 9.63. The van der Waals surface area contributed by atoms with Gasteiger partial charge in [0.2, 0.25) is 0 Å². The average Bonchev–Trinajstić information content (AvgIpc) is 2.47. The quantitative estimate of drug-likeness (QED) is 0.824. The standard InChI is InChI=1S/C16H18N2OS/c1-3-11-5-4-6-12(9-11)18-15-10-13(19-2)7-8-14(15)16(17)20/h4-10,18H,3H2,1-2H3,(H2,17,20). The third kappa shape index (κ3) is 3.27. The van der Waals surface area contributed by atoms with E-state index in [0.717, 1.165) is 29.1 Å². The molecule has 0 amide bonds. The van der Waals surface area contributed by atoms with E-state index in [0.29, 0.717) is 4.99 Å². The molecule has 20 heavy (non-hydrogen) atoms. The van der Waals surface area contributed by atoms with Gasteiger partial charge in [-0.2, -0.15) is 0 Å². The second-order valence-electron chi connectivity index (χ2n) is 4.45. The highest BCUT2D eigenvalue weighted by molar-refractivity contribution is 7.80. The molecule has 0 fully saturated rings. The number of aryl methyl sites for hydroxylation is 1. The largest absolute Gasteiger partial charge is 0.497 e. The van der Waals surface area contributed by atoms with Crippen LogP contribution in [0.1, 0.15) is 18.1 Å². The van der Waals surface area contributed by atoms with Gasteiger partial charge in [0.05, 0.1) is 12.8 Å². The van der Waals surface area contributed by atoms with E-state index in [9.17, 15) is 0 Å². The van der Waals surface area contributed by atoms with Gasteiger partial charge in [-0.25, -0.2) is 0 Å². The summed E-state index contributed by atoms with van der Waals surface area (Å²) in [6, 6.07) is 13.9. The third-order valence-corrected chi connectivity index (χ3v) is 3.33. The predicted octanol–water partition coefficient (Wildman–Crippen LogP) is 3.64. The minimum atomic E-state index is 0.363. The van der Waals surface area contributed by atoms with Crippen molar-refractivity contribution < 1.29 is 4.74 Å². The fourth-order valence-electron chi connectivity index (χ4n) is 1.99. The summed E-state index contributed by atoms with van der Waals surface area (Å²) in [4.78, 5) is 0.363. The lowest BCUT2D eigenvalue weighted by atomic mass is 10.1. The number of nitrogens with one attached hydrogen (secondary N) is 1. The Hall–Kier alpha value is -2.07. The van der Waals surface area contributed by atoms with E-state index >= 15 is 0 Å². The monoisotopic (exact) mass is 286 g/mol. The van der Waals surface area contributed by atoms with Crippen LogP contribution in [0.3, 0.4) is 0 Å². The number of benzene rings is 2. The maximum atomic E-state index is 5.77. The zero-order chi connectivity index (χ0) is 14.5. The molecule has 0 bridgehead atoms. The highest BCUT2D eigenvalue weighted by atomic mass is 32.1. The topological polar surface area (TPSA) is 47.3 Å². The molecule has 0 radical (unpaired) electrons. The Morgan fingerprint density at radius 1 is 1.25 bits per heavy atom. The first kappa shape index (κ1) is 14.3. The average molecular weight is 286 g/mol. The van der Waals surface area contributed by atoms with Gasteiger partial charge < -0.3 is 15.8 Å². The van der Waals surface area contributed by atoms with Crippen molar-refractivity contribution in [1.82, 2.24) is 0 Å². The Morgan fingerprint density at radius 2 is 2.05 bits per heavy atom. The van der Waals surface area contributed by atoms with Crippen molar-refractivity contribution in [2.45, 2.75) is 13.3 Å². The van der Waals surface area contributed by atoms with E-state index in [1.807, 2.05) is 30.3 Å². The zero-order valence-electron chi connectivity index (χ0n) is 11.6. The summed E-state index contributed by atoms with van der Waals surface area (Å²) < 4.78 is 5.25. The van der Waals surface area contributed by atoms with Crippen LogP contribution in [0, 0.1) is 0 Å². The zero-order valence-corrected chi connectivity index (χ0v) is 12.5. The molecule has 0 aliphatic rings. The molecule has 0 atom stereocenters. The summed E-state index contributed by atoms with van der Waals surface area (Å²) in [6.45, 7) is 2.13. The number of anilines is 2. The Morgan fingerprint density at radius 3 is 2.70 bits per heavy atom. The van der Waals surface area contributed by atoms with E-state index in [1.54, 1.807) is 7.11 Å². The summed E-state index contributed by atoms with van der Waals surface area (Å²) in [5, 5.41) is 3.36. The van der Waals surface area contributed by atoms with E-state index in [-0.39, 0.29) is 0 Å². The molecule has 0 unspecified atom stereocenters. The summed E-state index contributed by atoms with van der Waals surface area (Å²) in [5.74, 6) is 0.763. The smallest absolute Gasteiger partial charge is 0.120 e. The summed E-state index contributed by atoms with van der Waals surface area (Å²) in [6.07, 6.45) is 0.996. The lowest BCUT2D eigenvalue weighted by Gasteiger charge is -2.13. The highest BCUT2D eigenvalue weighted by Crippen LogP contribution is 2.26. The van der Waals surface area contributed by atoms with Crippen LogP contribution < -0.4 is 15.8 Å². The molecule has 4 heteroatoms. The molecule has 3 N–H and O–H groups in total. The highest BCUT2D eigenvalue weighted by Gasteiger charge is 2.07. The van der Waals surface area contributed by atoms with Gasteiger partial charge in [-0.05, 0) is 36.2 Å². The van der Waals surface area contributed by atoms with Crippen LogP contribution in [0.15, 0.2) is 42.5 Å². The SMILES string of the molecule is CCc1cccc(Nc2cc(OC)ccc2C(N)=S)c1. The molecule has 0 saturated heterocycles. The Kier molecular flexibility index (Phi) is 4.58. The molecule has 0 spiro atoms. The molecule has 0 aliphatic heterocycles. The van der Waals surface area contributed by atoms with Crippen molar-refractivity contribution in [3.63, 3.8) is 0 Å². The van der Waals surface area contributed by atoms with Crippen LogP contribution in [-0.4, -0.2) is 12.1 Å². The molecular formula is C16H18N2OS. The summed E-state index contributed by atoms with van der Waals surface area (Å²) >= 11 is 5.09. The number of thiocarbonyl (C=S) groups is 1. The van der Waals surface area contributed by atoms with Crippen molar-refractivity contribution >= 4 is 28.6 Å². The maximum absolute atomic E-state index is 5.77. The number of methoxy groups -OCH3 is 1. The van der Waals surface area contributed by atoms with Gasteiger partial charge in [-0.15, -0.1) is 0 Å². The summed E-state index contributed by atoms with van der Waals surface area (Å²) in [5.41, 5.74) is 9.71. The molecule has 104 valence electrons. The Balaban J connectivity index is 2.37. The van der Waals surface area contributed by atoms with Crippen molar-refractivity contribution in [2.24, 2.45) is 5.73 Å². The number of ether oxygens (including phenoxy) is 1. The first-order valence-corrected chi connectivity index (χ1v) is 6.88. The minimum absolute atomic E-state index is 0.363. The molecule has 2 aromatic rings. The van der Waals surface area contributed by atoms with Gasteiger partial charge in [-0.3, -0.25) is 0 Å². The van der Waals surface area contributed by atoms with Crippen molar-refractivity contribution in [3.8, 4) is 5.75 Å². The van der Waals surface area contributed by atoms with Gasteiger partial charge in [0.1, 0.15) is 10.7 Å². The van der Waals surface area contributed by atoms with E-state index in [4.69, 9.17) is 22.7 Å². The number of hydrogen-bond donors (Lipinski definition) is 2. The van der Waals surface area contributed by atoms with E-state index in [1.165, 1.54) is 5.56 Å². The van der Waals surface area contributed by atoms with E-state index < -0.39 is 0 Å². The molecule has 0 heterocycles. The van der Waals surface area contributed by atoms with Crippen molar-refractivity contribution in [1.29, 1.82) is 0 Å². The lowest BCUT2D eigenvalue weighted by molar-refractivity contribution is 0.415. The number of nitrogens with two attached hydrogens (primary N) is 1. The van der Waals surface area contributed by atoms with Gasteiger partial charge in [-0.1, -0.05) is 31.3 Å². The van der Waals surface area contributed by atoms with Gasteiger partial charge in [0.15, 0.2) is 0 Å². The van der Waals surface area contributed by atoms with Crippen LogP contribution >= 0.6 is 12.2 Å².